The minimum absolute atomic E-state index is 0.103. The minimum Gasteiger partial charge on any atom is -0.368 e. The van der Waals surface area contributed by atoms with Gasteiger partial charge in [0.25, 0.3) is 5.91 Å². The first kappa shape index (κ1) is 21.1. The lowest BCUT2D eigenvalue weighted by Crippen LogP contribution is -2.53. The summed E-state index contributed by atoms with van der Waals surface area (Å²) in [5, 5.41) is 3.45. The van der Waals surface area contributed by atoms with Gasteiger partial charge in [-0.25, -0.2) is 0 Å². The highest BCUT2D eigenvalue weighted by Crippen LogP contribution is 2.32. The fourth-order valence-electron chi connectivity index (χ4n) is 5.48. The molecule has 1 saturated carbocycles. The Bertz CT molecular complexity index is 579. The van der Waals surface area contributed by atoms with Crippen molar-refractivity contribution >= 4 is 11.8 Å². The van der Waals surface area contributed by atoms with Gasteiger partial charge in [0.2, 0.25) is 5.91 Å². The van der Waals surface area contributed by atoms with E-state index in [0.717, 1.165) is 64.2 Å². The zero-order chi connectivity index (χ0) is 20.4. The van der Waals surface area contributed by atoms with Gasteiger partial charge in [-0.3, -0.25) is 9.59 Å². The van der Waals surface area contributed by atoms with E-state index in [4.69, 9.17) is 4.74 Å². The number of likely N-dealkylation sites (N-methyl/N-ethyl adjacent to an activating group) is 1. The highest BCUT2D eigenvalue weighted by atomic mass is 16.5. The molecule has 4 fully saturated rings. The van der Waals surface area contributed by atoms with Crippen LogP contribution in [0.5, 0.6) is 0 Å². The minimum atomic E-state index is -0.276. The molecule has 4 rings (SSSR count). The molecule has 1 aliphatic carbocycles. The summed E-state index contributed by atoms with van der Waals surface area (Å²) in [6.07, 6.45) is 6.78. The Kier molecular flexibility index (Phi) is 6.76. The molecule has 0 bridgehead atoms. The predicted molar refractivity (Wildman–Crippen MR) is 112 cm³/mol. The number of rotatable bonds is 4. The third-order valence-electron chi connectivity index (χ3n) is 7.45. The number of carbonyl (C=O) groups excluding carboxylic acids is 2. The third kappa shape index (κ3) is 4.78. The van der Waals surface area contributed by atoms with Crippen molar-refractivity contribution in [3.63, 3.8) is 0 Å². The number of piperazine rings is 1. The first-order valence-electron chi connectivity index (χ1n) is 11.7. The Morgan fingerprint density at radius 3 is 2.38 bits per heavy atom. The summed E-state index contributed by atoms with van der Waals surface area (Å²) in [4.78, 5) is 32.8. The largest absolute Gasteiger partial charge is 0.368 e. The lowest BCUT2D eigenvalue weighted by atomic mass is 9.85. The van der Waals surface area contributed by atoms with Gasteiger partial charge in [-0.1, -0.05) is 6.92 Å². The SMILES string of the molecule is CC1CCC(N(C(=O)[C@@H]2CCCO2)[C@H]2CN[C@H](C(=O)N3CCN(C)CC3)C2)CC1. The van der Waals surface area contributed by atoms with Gasteiger partial charge in [-0.15, -0.1) is 0 Å². The molecule has 3 atom stereocenters. The van der Waals surface area contributed by atoms with E-state index in [0.29, 0.717) is 19.2 Å². The van der Waals surface area contributed by atoms with Crippen LogP contribution < -0.4 is 5.32 Å². The van der Waals surface area contributed by atoms with Gasteiger partial charge >= 0.3 is 0 Å². The number of amides is 2. The summed E-state index contributed by atoms with van der Waals surface area (Å²) in [6, 6.07) is 0.240. The van der Waals surface area contributed by atoms with Gasteiger partial charge < -0.3 is 24.8 Å². The summed E-state index contributed by atoms with van der Waals surface area (Å²) < 4.78 is 5.76. The maximum Gasteiger partial charge on any atom is 0.252 e. The molecule has 2 amide bonds. The maximum atomic E-state index is 13.4. The van der Waals surface area contributed by atoms with Gasteiger partial charge in [-0.2, -0.15) is 0 Å². The lowest BCUT2D eigenvalue weighted by Gasteiger charge is -2.41. The molecule has 0 spiro atoms. The van der Waals surface area contributed by atoms with Crippen molar-refractivity contribution in [2.45, 2.75) is 76.1 Å². The van der Waals surface area contributed by atoms with Gasteiger partial charge in [0.05, 0.1) is 6.04 Å². The van der Waals surface area contributed by atoms with Crippen molar-refractivity contribution in [3.05, 3.63) is 0 Å². The van der Waals surface area contributed by atoms with E-state index in [1.165, 1.54) is 12.8 Å². The first-order chi connectivity index (χ1) is 14.0. The van der Waals surface area contributed by atoms with Gasteiger partial charge in [0.15, 0.2) is 0 Å². The Balaban J connectivity index is 1.42. The highest BCUT2D eigenvalue weighted by Gasteiger charge is 2.42. The fraction of sp³-hybridized carbons (Fsp3) is 0.909. The number of hydrogen-bond acceptors (Lipinski definition) is 5. The number of nitrogens with one attached hydrogen (secondary N) is 1. The van der Waals surface area contributed by atoms with Gasteiger partial charge in [0, 0.05) is 51.4 Å². The molecule has 4 aliphatic rings. The normalized spacial score (nSPS) is 36.3. The van der Waals surface area contributed by atoms with E-state index >= 15 is 0 Å². The Morgan fingerprint density at radius 2 is 1.72 bits per heavy atom. The monoisotopic (exact) mass is 406 g/mol. The smallest absolute Gasteiger partial charge is 0.252 e. The molecule has 7 nitrogen and oxygen atoms in total. The predicted octanol–water partition coefficient (Wildman–Crippen LogP) is 1.08. The van der Waals surface area contributed by atoms with Crippen molar-refractivity contribution in [2.75, 3.05) is 46.4 Å². The molecule has 29 heavy (non-hydrogen) atoms. The lowest BCUT2D eigenvalue weighted by molar-refractivity contribution is -0.147. The molecular weight excluding hydrogens is 368 g/mol. The second-order valence-electron chi connectivity index (χ2n) is 9.64. The molecule has 0 aromatic heterocycles. The van der Waals surface area contributed by atoms with Crippen molar-refractivity contribution in [2.24, 2.45) is 5.92 Å². The maximum absolute atomic E-state index is 13.4. The van der Waals surface area contributed by atoms with E-state index in [2.05, 4.69) is 29.1 Å². The average molecular weight is 407 g/mol. The summed E-state index contributed by atoms with van der Waals surface area (Å²) in [5.41, 5.74) is 0. The van der Waals surface area contributed by atoms with Crippen molar-refractivity contribution in [1.29, 1.82) is 0 Å². The summed E-state index contributed by atoms with van der Waals surface area (Å²) in [6.45, 7) is 7.20. The molecule has 3 heterocycles. The molecule has 0 unspecified atom stereocenters. The van der Waals surface area contributed by atoms with Crippen molar-refractivity contribution < 1.29 is 14.3 Å². The molecule has 1 N–H and O–H groups in total. The molecule has 3 saturated heterocycles. The molecule has 0 aromatic rings. The van der Waals surface area contributed by atoms with Crippen LogP contribution in [-0.2, 0) is 14.3 Å². The van der Waals surface area contributed by atoms with E-state index in [1.807, 2.05) is 4.90 Å². The van der Waals surface area contributed by atoms with Crippen molar-refractivity contribution in [1.82, 2.24) is 20.0 Å². The van der Waals surface area contributed by atoms with Gasteiger partial charge in [-0.05, 0) is 57.9 Å². The number of nitrogens with zero attached hydrogens (tertiary/aromatic N) is 3. The van der Waals surface area contributed by atoms with E-state index < -0.39 is 0 Å². The molecule has 3 aliphatic heterocycles. The summed E-state index contributed by atoms with van der Waals surface area (Å²) in [5.74, 6) is 1.13. The van der Waals surface area contributed by atoms with Crippen LogP contribution >= 0.6 is 0 Å². The Hall–Kier alpha value is -1.18. The van der Waals surface area contributed by atoms with E-state index in [9.17, 15) is 9.59 Å². The molecular formula is C22H38N4O3. The number of carbonyl (C=O) groups is 2. The van der Waals surface area contributed by atoms with Crippen molar-refractivity contribution in [3.8, 4) is 0 Å². The van der Waals surface area contributed by atoms with E-state index in [1.54, 1.807) is 0 Å². The topological polar surface area (TPSA) is 65.1 Å². The second-order valence-corrected chi connectivity index (χ2v) is 9.64. The van der Waals surface area contributed by atoms with E-state index in [-0.39, 0.29) is 30.0 Å². The van der Waals surface area contributed by atoms with Crippen LogP contribution in [0.1, 0.15) is 51.9 Å². The van der Waals surface area contributed by atoms with Crippen LogP contribution in [0, 0.1) is 5.92 Å². The summed E-state index contributed by atoms with van der Waals surface area (Å²) in [7, 11) is 2.10. The Labute approximate surface area is 175 Å². The van der Waals surface area contributed by atoms with Crippen LogP contribution in [0.3, 0.4) is 0 Å². The number of ether oxygens (including phenoxy) is 1. The van der Waals surface area contributed by atoms with Crippen LogP contribution in [-0.4, -0.2) is 97.1 Å². The van der Waals surface area contributed by atoms with Gasteiger partial charge in [0.1, 0.15) is 6.10 Å². The van der Waals surface area contributed by atoms with Crippen LogP contribution in [0.25, 0.3) is 0 Å². The molecule has 0 aromatic carbocycles. The number of hydrogen-bond donors (Lipinski definition) is 1. The summed E-state index contributed by atoms with van der Waals surface area (Å²) >= 11 is 0. The van der Waals surface area contributed by atoms with Crippen LogP contribution in [0.4, 0.5) is 0 Å². The molecule has 164 valence electrons. The second kappa shape index (κ2) is 9.31. The zero-order valence-corrected chi connectivity index (χ0v) is 18.1. The molecule has 7 heteroatoms. The standard InChI is InChI=1S/C22H38N4O3/c1-16-5-7-17(8-6-16)26(22(28)20-4-3-13-29-20)18-14-19(23-15-18)21(27)25-11-9-24(2)10-12-25/h16-20,23H,3-15H2,1-2H3/t16?,17?,18-,19+,20+/m1/s1. The Morgan fingerprint density at radius 1 is 1.00 bits per heavy atom. The first-order valence-corrected chi connectivity index (χ1v) is 11.7. The zero-order valence-electron chi connectivity index (χ0n) is 18.1. The fourth-order valence-corrected chi connectivity index (χ4v) is 5.48. The molecule has 0 radical (unpaired) electrons. The quantitative estimate of drug-likeness (QED) is 0.757. The third-order valence-corrected chi connectivity index (χ3v) is 7.45. The van der Waals surface area contributed by atoms with Crippen LogP contribution in [0.15, 0.2) is 0 Å². The van der Waals surface area contributed by atoms with Crippen LogP contribution in [0.2, 0.25) is 0 Å². The highest BCUT2D eigenvalue weighted by molar-refractivity contribution is 5.84. The average Bonchev–Trinajstić information content (AvgIpc) is 3.42.